The van der Waals surface area contributed by atoms with E-state index in [2.05, 4.69) is 15.5 Å². The van der Waals surface area contributed by atoms with E-state index < -0.39 is 11.9 Å². The summed E-state index contributed by atoms with van der Waals surface area (Å²) in [4.78, 5) is 22.9. The molecule has 1 heterocycles. The van der Waals surface area contributed by atoms with Gasteiger partial charge < -0.3 is 9.15 Å². The van der Waals surface area contributed by atoms with Crippen molar-refractivity contribution in [1.29, 1.82) is 0 Å². The summed E-state index contributed by atoms with van der Waals surface area (Å²) < 4.78 is 10.1. The third kappa shape index (κ3) is 4.69. The number of aromatic nitrogens is 2. The van der Waals surface area contributed by atoms with Gasteiger partial charge in [-0.15, -0.1) is 5.10 Å². The predicted octanol–water partition coefficient (Wildman–Crippen LogP) is 2.41. The van der Waals surface area contributed by atoms with Crippen LogP contribution in [0.5, 0.6) is 0 Å². The smallest absolute Gasteiger partial charge is 0.322 e. The number of hydrogen-bond acceptors (Lipinski definition) is 6. The summed E-state index contributed by atoms with van der Waals surface area (Å²) in [7, 11) is 0. The molecule has 2 rings (SSSR count). The van der Waals surface area contributed by atoms with Gasteiger partial charge in [0.15, 0.2) is 6.61 Å². The van der Waals surface area contributed by atoms with Crippen molar-refractivity contribution in [3.8, 4) is 11.5 Å². The van der Waals surface area contributed by atoms with Gasteiger partial charge in [-0.25, -0.2) is 0 Å². The first-order valence-corrected chi connectivity index (χ1v) is 7.03. The SMILES string of the molecule is CCCCC(=O)OCC(=O)Nc1nnc(-c2ccccc2)o1. The van der Waals surface area contributed by atoms with E-state index in [0.717, 1.165) is 18.4 Å². The lowest BCUT2D eigenvalue weighted by Gasteiger charge is -2.03. The zero-order valence-electron chi connectivity index (χ0n) is 12.2. The van der Waals surface area contributed by atoms with Crippen LogP contribution in [0.15, 0.2) is 34.7 Å². The van der Waals surface area contributed by atoms with Gasteiger partial charge in [0.2, 0.25) is 5.89 Å². The van der Waals surface area contributed by atoms with Gasteiger partial charge in [-0.1, -0.05) is 36.6 Å². The summed E-state index contributed by atoms with van der Waals surface area (Å²) >= 11 is 0. The molecule has 0 aliphatic rings. The third-order valence-electron chi connectivity index (χ3n) is 2.79. The molecule has 1 N–H and O–H groups in total. The van der Waals surface area contributed by atoms with Crippen LogP contribution in [0, 0.1) is 0 Å². The van der Waals surface area contributed by atoms with Crippen LogP contribution in [0.25, 0.3) is 11.5 Å². The summed E-state index contributed by atoms with van der Waals surface area (Å²) in [6.45, 7) is 1.60. The molecule has 7 heteroatoms. The zero-order chi connectivity index (χ0) is 15.8. The summed E-state index contributed by atoms with van der Waals surface area (Å²) in [6, 6.07) is 9.15. The number of amides is 1. The fourth-order valence-electron chi connectivity index (χ4n) is 1.67. The van der Waals surface area contributed by atoms with E-state index >= 15 is 0 Å². The molecule has 1 amide bonds. The number of nitrogens with one attached hydrogen (secondary N) is 1. The van der Waals surface area contributed by atoms with Gasteiger partial charge in [0.1, 0.15) is 0 Å². The summed E-state index contributed by atoms with van der Waals surface area (Å²) in [5, 5.41) is 9.94. The van der Waals surface area contributed by atoms with Crippen LogP contribution in [-0.2, 0) is 14.3 Å². The van der Waals surface area contributed by atoms with E-state index in [9.17, 15) is 9.59 Å². The predicted molar refractivity (Wildman–Crippen MR) is 78.8 cm³/mol. The number of anilines is 1. The molecule has 0 saturated carbocycles. The third-order valence-corrected chi connectivity index (χ3v) is 2.79. The topological polar surface area (TPSA) is 94.3 Å². The minimum absolute atomic E-state index is 0.0338. The monoisotopic (exact) mass is 303 g/mol. The molecule has 0 aliphatic heterocycles. The van der Waals surface area contributed by atoms with Crippen LogP contribution in [0.1, 0.15) is 26.2 Å². The molecule has 22 heavy (non-hydrogen) atoms. The Kier molecular flexibility index (Phi) is 5.65. The number of unbranched alkanes of at least 4 members (excludes halogenated alkanes) is 1. The van der Waals surface area contributed by atoms with Crippen LogP contribution >= 0.6 is 0 Å². The minimum atomic E-state index is -0.520. The molecule has 116 valence electrons. The second kappa shape index (κ2) is 7.92. The molecular weight excluding hydrogens is 286 g/mol. The molecule has 0 atom stereocenters. The van der Waals surface area contributed by atoms with Gasteiger partial charge in [0.25, 0.3) is 5.91 Å². The van der Waals surface area contributed by atoms with Gasteiger partial charge in [-0.05, 0) is 18.6 Å². The van der Waals surface area contributed by atoms with E-state index in [4.69, 9.17) is 9.15 Å². The van der Waals surface area contributed by atoms with E-state index in [1.165, 1.54) is 0 Å². The number of nitrogens with zero attached hydrogens (tertiary/aromatic N) is 2. The molecule has 2 aromatic rings. The van der Waals surface area contributed by atoms with Gasteiger partial charge in [0.05, 0.1) is 0 Å². The van der Waals surface area contributed by atoms with Gasteiger partial charge in [0, 0.05) is 12.0 Å². The summed E-state index contributed by atoms with van der Waals surface area (Å²) in [5.74, 6) is -0.614. The van der Waals surface area contributed by atoms with Crippen molar-refractivity contribution >= 4 is 17.9 Å². The zero-order valence-corrected chi connectivity index (χ0v) is 12.2. The molecule has 1 aromatic carbocycles. The van der Waals surface area contributed by atoms with Crippen molar-refractivity contribution in [2.75, 3.05) is 11.9 Å². The Morgan fingerprint density at radius 2 is 2.00 bits per heavy atom. The molecule has 0 saturated heterocycles. The first kappa shape index (κ1) is 15.7. The maximum Gasteiger partial charge on any atom is 0.322 e. The van der Waals surface area contributed by atoms with Crippen LogP contribution in [-0.4, -0.2) is 28.7 Å². The van der Waals surface area contributed by atoms with E-state index in [1.807, 2.05) is 37.3 Å². The van der Waals surface area contributed by atoms with E-state index in [1.54, 1.807) is 0 Å². The lowest BCUT2D eigenvalue weighted by Crippen LogP contribution is -2.20. The largest absolute Gasteiger partial charge is 0.456 e. The van der Waals surface area contributed by atoms with Crippen molar-refractivity contribution in [3.05, 3.63) is 30.3 Å². The fraction of sp³-hybridized carbons (Fsp3) is 0.333. The van der Waals surface area contributed by atoms with Crippen molar-refractivity contribution < 1.29 is 18.7 Å². The summed E-state index contributed by atoms with van der Waals surface area (Å²) in [6.07, 6.45) is 1.94. The normalized spacial score (nSPS) is 10.2. The van der Waals surface area contributed by atoms with Gasteiger partial charge in [-0.2, -0.15) is 0 Å². The standard InChI is InChI=1S/C15H17N3O4/c1-2-3-9-13(20)21-10-12(19)16-15-18-17-14(22-15)11-7-5-4-6-8-11/h4-8H,2-3,9-10H2,1H3,(H,16,18,19). The lowest BCUT2D eigenvalue weighted by atomic mass is 10.2. The number of ether oxygens (including phenoxy) is 1. The molecule has 1 aromatic heterocycles. The molecule has 7 nitrogen and oxygen atoms in total. The Morgan fingerprint density at radius 1 is 1.23 bits per heavy atom. The maximum atomic E-state index is 11.6. The number of carbonyl (C=O) groups is 2. The highest BCUT2D eigenvalue weighted by Crippen LogP contribution is 2.18. The number of benzene rings is 1. The fourth-order valence-corrected chi connectivity index (χ4v) is 1.67. The highest BCUT2D eigenvalue weighted by Gasteiger charge is 2.12. The van der Waals surface area contributed by atoms with Crippen molar-refractivity contribution in [1.82, 2.24) is 10.2 Å². The average molecular weight is 303 g/mol. The number of esters is 1. The Bertz CT molecular complexity index is 625. The van der Waals surface area contributed by atoms with Crippen molar-refractivity contribution in [2.45, 2.75) is 26.2 Å². The Hall–Kier alpha value is -2.70. The first-order valence-electron chi connectivity index (χ1n) is 7.03. The van der Waals surface area contributed by atoms with Crippen LogP contribution < -0.4 is 5.32 Å². The molecule has 0 fully saturated rings. The highest BCUT2D eigenvalue weighted by molar-refractivity contribution is 5.90. The summed E-state index contributed by atoms with van der Waals surface area (Å²) in [5.41, 5.74) is 0.751. The maximum absolute atomic E-state index is 11.6. The quantitative estimate of drug-likeness (QED) is 0.789. The number of rotatable bonds is 7. The second-order valence-corrected chi connectivity index (χ2v) is 4.59. The van der Waals surface area contributed by atoms with E-state index in [0.29, 0.717) is 12.3 Å². The average Bonchev–Trinajstić information content (AvgIpc) is 3.00. The van der Waals surface area contributed by atoms with Crippen molar-refractivity contribution in [2.24, 2.45) is 0 Å². The number of carbonyl (C=O) groups excluding carboxylic acids is 2. The van der Waals surface area contributed by atoms with Crippen LogP contribution in [0.2, 0.25) is 0 Å². The molecule has 0 unspecified atom stereocenters. The molecular formula is C15H17N3O4. The van der Waals surface area contributed by atoms with E-state index in [-0.39, 0.29) is 12.6 Å². The van der Waals surface area contributed by atoms with Crippen LogP contribution in [0.3, 0.4) is 0 Å². The Morgan fingerprint density at radius 3 is 2.73 bits per heavy atom. The molecule has 0 radical (unpaired) electrons. The Labute approximate surface area is 127 Å². The highest BCUT2D eigenvalue weighted by atomic mass is 16.5. The minimum Gasteiger partial charge on any atom is -0.456 e. The molecule has 0 aliphatic carbocycles. The number of hydrogen-bond donors (Lipinski definition) is 1. The van der Waals surface area contributed by atoms with Gasteiger partial charge >= 0.3 is 12.0 Å². The first-order chi connectivity index (χ1) is 10.7. The van der Waals surface area contributed by atoms with Gasteiger partial charge in [-0.3, -0.25) is 14.9 Å². The molecule has 0 spiro atoms. The Balaban J connectivity index is 1.83. The lowest BCUT2D eigenvalue weighted by molar-refractivity contribution is -0.147. The molecule has 0 bridgehead atoms. The van der Waals surface area contributed by atoms with Crippen LogP contribution in [0.4, 0.5) is 6.01 Å². The second-order valence-electron chi connectivity index (χ2n) is 4.59. The van der Waals surface area contributed by atoms with Crippen molar-refractivity contribution in [3.63, 3.8) is 0 Å².